The second-order valence-electron chi connectivity index (χ2n) is 8.26. The molecule has 2 aromatic rings. The van der Waals surface area contributed by atoms with Gasteiger partial charge in [0.05, 0.1) is 51.6 Å². The first-order valence-electron chi connectivity index (χ1n) is 11.1. The number of aliphatic hydroxyl groups excluding tert-OH is 4. The molecule has 1 unspecified atom stereocenters. The van der Waals surface area contributed by atoms with Crippen molar-refractivity contribution in [2.75, 3.05) is 26.3 Å². The van der Waals surface area contributed by atoms with E-state index in [0.29, 0.717) is 0 Å². The van der Waals surface area contributed by atoms with Crippen molar-refractivity contribution in [3.05, 3.63) is 58.7 Å². The molecule has 0 aromatic heterocycles. The number of hydrogen-bond acceptors (Lipinski definition) is 10. The van der Waals surface area contributed by atoms with E-state index in [1.807, 2.05) is 0 Å². The van der Waals surface area contributed by atoms with Gasteiger partial charge in [0.1, 0.15) is 11.5 Å². The summed E-state index contributed by atoms with van der Waals surface area (Å²) in [4.78, 5) is 25.8. The molecule has 212 valence electrons. The van der Waals surface area contributed by atoms with Crippen LogP contribution in [0.15, 0.2) is 36.4 Å². The van der Waals surface area contributed by atoms with Crippen LogP contribution in [0.3, 0.4) is 0 Å². The van der Waals surface area contributed by atoms with E-state index in [1.165, 1.54) is 34.1 Å². The third-order valence-corrected chi connectivity index (χ3v) is 5.93. The molecule has 2 aromatic carbocycles. The maximum absolute atomic E-state index is 11.6. The third-order valence-electron chi connectivity index (χ3n) is 5.93. The molecule has 0 amide bonds. The van der Waals surface area contributed by atoms with E-state index in [1.54, 1.807) is 12.1 Å². The molecule has 12 nitrogen and oxygen atoms in total. The number of rotatable bonds is 15. The summed E-state index contributed by atoms with van der Waals surface area (Å²) in [5.41, 5.74) is 0.953. The first kappa shape index (κ1) is 35.3. The summed E-state index contributed by atoms with van der Waals surface area (Å²) >= 11 is 0. The Hall–Kier alpha value is -2.74. The standard InChI is InChI=1S/C24H32N2O10.CH4.Fe/c27-11-17-5-1-3-15(23(17)35)7-25(9-21(31)32)19(13-29)20(14-30)26(10-22(33)34)8-16-4-2-6-18(12-28)24(16)36;;/h1-6,19-20,27-30,35-36H,7-14H2,(H,31,32)(H,33,34);1H4;/q;;+2/t19-,20?;;/m1../s1. The van der Waals surface area contributed by atoms with Crippen LogP contribution in [0.2, 0.25) is 0 Å². The van der Waals surface area contributed by atoms with Gasteiger partial charge in [0, 0.05) is 35.3 Å². The molecule has 0 aliphatic heterocycles. The maximum Gasteiger partial charge on any atom is 2.00 e. The van der Waals surface area contributed by atoms with Gasteiger partial charge in [0.2, 0.25) is 0 Å². The third kappa shape index (κ3) is 9.22. The average Bonchev–Trinajstić information content (AvgIpc) is 2.83. The number of carboxylic acid groups (broad SMARTS) is 2. The van der Waals surface area contributed by atoms with Crippen molar-refractivity contribution in [3.8, 4) is 11.5 Å². The molecule has 0 saturated carbocycles. The van der Waals surface area contributed by atoms with Gasteiger partial charge >= 0.3 is 29.0 Å². The van der Waals surface area contributed by atoms with Crippen molar-refractivity contribution < 1.29 is 67.5 Å². The monoisotopic (exact) mass is 580 g/mol. The number of carboxylic acids is 2. The predicted octanol–water partition coefficient (Wildman–Crippen LogP) is -0.0888. The molecule has 2 rings (SSSR count). The van der Waals surface area contributed by atoms with Gasteiger partial charge in [-0.15, -0.1) is 0 Å². The van der Waals surface area contributed by atoms with Gasteiger partial charge in [-0.05, 0) is 0 Å². The average molecular weight is 580 g/mol. The van der Waals surface area contributed by atoms with E-state index in [-0.39, 0.29) is 71.3 Å². The molecule has 0 bridgehead atoms. The van der Waals surface area contributed by atoms with E-state index < -0.39 is 63.5 Å². The Morgan fingerprint density at radius 3 is 1.24 bits per heavy atom. The van der Waals surface area contributed by atoms with Gasteiger partial charge in [-0.2, -0.15) is 0 Å². The van der Waals surface area contributed by atoms with Crippen molar-refractivity contribution in [2.45, 2.75) is 45.8 Å². The zero-order chi connectivity index (χ0) is 26.8. The zero-order valence-electron chi connectivity index (χ0n) is 19.9. The first-order chi connectivity index (χ1) is 17.2. The molecule has 2 atom stereocenters. The van der Waals surface area contributed by atoms with Gasteiger partial charge in [-0.1, -0.05) is 43.8 Å². The van der Waals surface area contributed by atoms with Gasteiger partial charge in [0.15, 0.2) is 0 Å². The zero-order valence-corrected chi connectivity index (χ0v) is 21.0. The van der Waals surface area contributed by atoms with Gasteiger partial charge < -0.3 is 40.9 Å². The number of carbonyl (C=O) groups is 2. The van der Waals surface area contributed by atoms with Crippen LogP contribution >= 0.6 is 0 Å². The maximum atomic E-state index is 11.6. The van der Waals surface area contributed by atoms with Crippen LogP contribution < -0.4 is 0 Å². The number of aromatic hydroxyl groups is 2. The van der Waals surface area contributed by atoms with Crippen LogP contribution in [-0.2, 0) is 53.0 Å². The van der Waals surface area contributed by atoms with E-state index in [0.717, 1.165) is 0 Å². The quantitative estimate of drug-likeness (QED) is 0.130. The van der Waals surface area contributed by atoms with Crippen LogP contribution in [0.1, 0.15) is 29.7 Å². The van der Waals surface area contributed by atoms with Crippen molar-refractivity contribution in [2.24, 2.45) is 0 Å². The van der Waals surface area contributed by atoms with Crippen molar-refractivity contribution in [1.29, 1.82) is 0 Å². The number of hydrogen-bond donors (Lipinski definition) is 8. The topological polar surface area (TPSA) is 202 Å². The molecule has 0 aliphatic carbocycles. The molecule has 0 radical (unpaired) electrons. The van der Waals surface area contributed by atoms with Gasteiger partial charge in [-0.3, -0.25) is 19.4 Å². The summed E-state index contributed by atoms with van der Waals surface area (Å²) in [7, 11) is 0. The normalized spacial score (nSPS) is 12.5. The Morgan fingerprint density at radius 2 is 0.974 bits per heavy atom. The number of nitrogens with zero attached hydrogens (tertiary/aromatic N) is 2. The second-order valence-corrected chi connectivity index (χ2v) is 8.26. The fourth-order valence-electron chi connectivity index (χ4n) is 4.13. The molecule has 0 saturated heterocycles. The van der Waals surface area contributed by atoms with E-state index >= 15 is 0 Å². The SMILES string of the molecule is C.O=C(O)CN(Cc1cccc(CO)c1O)C(CO)[C@@H](CO)N(CC(=O)O)Cc1cccc(CO)c1O.[Fe+2]. The molecule has 38 heavy (non-hydrogen) atoms. The molecular formula is C25H36FeN2O10+2. The number of aliphatic carboxylic acids is 2. The fourth-order valence-corrected chi connectivity index (χ4v) is 4.13. The number of aliphatic hydroxyl groups is 4. The molecule has 0 fully saturated rings. The first-order valence-corrected chi connectivity index (χ1v) is 11.1. The predicted molar refractivity (Wildman–Crippen MR) is 133 cm³/mol. The van der Waals surface area contributed by atoms with Gasteiger partial charge in [-0.25, -0.2) is 0 Å². The Balaban J connectivity index is 0.00000684. The summed E-state index contributed by atoms with van der Waals surface area (Å²) in [5.74, 6) is -3.02. The number of para-hydroxylation sites is 2. The molecular weight excluding hydrogens is 544 g/mol. The van der Waals surface area contributed by atoms with E-state index in [4.69, 9.17) is 0 Å². The second kappa shape index (κ2) is 17.0. The summed E-state index contributed by atoms with van der Waals surface area (Å²) in [6.07, 6.45) is 0. The Morgan fingerprint density at radius 1 is 0.658 bits per heavy atom. The van der Waals surface area contributed by atoms with Crippen molar-refractivity contribution in [3.63, 3.8) is 0 Å². The van der Waals surface area contributed by atoms with Crippen molar-refractivity contribution in [1.82, 2.24) is 9.80 Å². The summed E-state index contributed by atoms with van der Waals surface area (Å²) in [5, 5.41) is 79.2. The van der Waals surface area contributed by atoms with Crippen molar-refractivity contribution >= 4 is 11.9 Å². The largest absolute Gasteiger partial charge is 2.00 e. The molecule has 0 aliphatic rings. The minimum Gasteiger partial charge on any atom is -0.507 e. The summed E-state index contributed by atoms with van der Waals surface area (Å²) in [6, 6.07) is 6.91. The summed E-state index contributed by atoms with van der Waals surface area (Å²) in [6.45, 7) is -3.86. The van der Waals surface area contributed by atoms with Crippen LogP contribution in [0, 0.1) is 0 Å². The van der Waals surface area contributed by atoms with Crippen LogP contribution in [0.5, 0.6) is 11.5 Å². The Kier molecular flexibility index (Phi) is 15.7. The van der Waals surface area contributed by atoms with Crippen LogP contribution in [-0.4, -0.2) is 101 Å². The number of benzene rings is 2. The fraction of sp³-hybridized carbons (Fsp3) is 0.440. The Labute approximate surface area is 231 Å². The van der Waals surface area contributed by atoms with E-state index in [9.17, 15) is 50.4 Å². The molecule has 0 heterocycles. The minimum atomic E-state index is -1.26. The molecule has 13 heteroatoms. The summed E-state index contributed by atoms with van der Waals surface area (Å²) < 4.78 is 0. The van der Waals surface area contributed by atoms with Crippen LogP contribution in [0.25, 0.3) is 0 Å². The smallest absolute Gasteiger partial charge is 0.507 e. The molecule has 8 N–H and O–H groups in total. The van der Waals surface area contributed by atoms with Gasteiger partial charge in [0.25, 0.3) is 0 Å². The van der Waals surface area contributed by atoms with E-state index in [2.05, 4.69) is 0 Å². The number of phenols is 2. The Bertz CT molecular complexity index is 958. The molecule has 0 spiro atoms. The minimum absolute atomic E-state index is 0. The van der Waals surface area contributed by atoms with Crippen LogP contribution in [0.4, 0.5) is 0 Å².